The van der Waals surface area contributed by atoms with Crippen LogP contribution in [0.3, 0.4) is 0 Å². The van der Waals surface area contributed by atoms with Crippen molar-refractivity contribution in [3.8, 4) is 0 Å². The Labute approximate surface area is 117 Å². The number of carbonyl (C=O) groups excluding carboxylic acids is 1. The largest absolute Gasteiger partial charge is 0.301 e. The Morgan fingerprint density at radius 3 is 2.74 bits per heavy atom. The van der Waals surface area contributed by atoms with Crippen LogP contribution >= 0.6 is 11.3 Å². The minimum atomic E-state index is -0.0969. The molecule has 0 N–H and O–H groups in total. The Morgan fingerprint density at radius 1 is 1.37 bits per heavy atom. The van der Waals surface area contributed by atoms with E-state index in [4.69, 9.17) is 4.98 Å². The van der Waals surface area contributed by atoms with E-state index in [-0.39, 0.29) is 5.41 Å². The van der Waals surface area contributed by atoms with Gasteiger partial charge in [-0.3, -0.25) is 9.20 Å². The van der Waals surface area contributed by atoms with E-state index in [2.05, 4.69) is 37.1 Å². The SMILES string of the molecule is CN1CCc2c(sc3nc(C(C)(C)C)c(C=O)n23)C1. The molecule has 0 aromatic carbocycles. The molecule has 2 aromatic rings. The van der Waals surface area contributed by atoms with Crippen molar-refractivity contribution in [2.75, 3.05) is 13.6 Å². The lowest BCUT2D eigenvalue weighted by Gasteiger charge is -2.22. The maximum atomic E-state index is 11.5. The number of hydrogen-bond donors (Lipinski definition) is 0. The Hall–Kier alpha value is -1.20. The quantitative estimate of drug-likeness (QED) is 0.752. The average Bonchev–Trinajstić information content (AvgIpc) is 2.82. The predicted molar refractivity (Wildman–Crippen MR) is 77.2 cm³/mol. The van der Waals surface area contributed by atoms with E-state index in [1.54, 1.807) is 11.3 Å². The highest BCUT2D eigenvalue weighted by atomic mass is 32.1. The monoisotopic (exact) mass is 277 g/mol. The first-order valence-electron chi connectivity index (χ1n) is 6.59. The highest BCUT2D eigenvalue weighted by molar-refractivity contribution is 7.17. The van der Waals surface area contributed by atoms with Crippen molar-refractivity contribution in [1.29, 1.82) is 0 Å². The molecule has 0 radical (unpaired) electrons. The third kappa shape index (κ3) is 1.92. The lowest BCUT2D eigenvalue weighted by atomic mass is 9.91. The van der Waals surface area contributed by atoms with Crippen LogP contribution in [0.1, 0.15) is 47.5 Å². The van der Waals surface area contributed by atoms with Gasteiger partial charge in [0.25, 0.3) is 0 Å². The van der Waals surface area contributed by atoms with E-state index in [0.717, 1.165) is 42.1 Å². The summed E-state index contributed by atoms with van der Waals surface area (Å²) in [7, 11) is 2.13. The van der Waals surface area contributed by atoms with E-state index < -0.39 is 0 Å². The summed E-state index contributed by atoms with van der Waals surface area (Å²) in [5.74, 6) is 0. The average molecular weight is 277 g/mol. The second-order valence-corrected chi connectivity index (χ2v) is 7.35. The van der Waals surface area contributed by atoms with Crippen LogP contribution in [0.4, 0.5) is 0 Å². The molecule has 0 saturated heterocycles. The van der Waals surface area contributed by atoms with Crippen molar-refractivity contribution < 1.29 is 4.79 Å². The summed E-state index contributed by atoms with van der Waals surface area (Å²) in [6.07, 6.45) is 1.96. The van der Waals surface area contributed by atoms with Crippen LogP contribution in [0.5, 0.6) is 0 Å². The molecule has 0 spiro atoms. The van der Waals surface area contributed by atoms with Gasteiger partial charge < -0.3 is 4.90 Å². The molecule has 19 heavy (non-hydrogen) atoms. The van der Waals surface area contributed by atoms with Crippen LogP contribution in [-0.4, -0.2) is 34.2 Å². The van der Waals surface area contributed by atoms with Crippen LogP contribution in [0.2, 0.25) is 0 Å². The van der Waals surface area contributed by atoms with Gasteiger partial charge in [-0.15, -0.1) is 0 Å². The molecule has 0 bridgehead atoms. The molecule has 0 unspecified atom stereocenters. The van der Waals surface area contributed by atoms with E-state index in [0.29, 0.717) is 0 Å². The molecule has 2 aromatic heterocycles. The van der Waals surface area contributed by atoms with Crippen molar-refractivity contribution in [3.63, 3.8) is 0 Å². The minimum absolute atomic E-state index is 0.0969. The molecule has 0 saturated carbocycles. The standard InChI is InChI=1S/C14H19N3OS/c1-14(2,3)12-10(8-18)17-9-5-6-16(4)7-11(9)19-13(17)15-12/h8H,5-7H2,1-4H3. The summed E-state index contributed by atoms with van der Waals surface area (Å²) in [5, 5.41) is 0. The fourth-order valence-corrected chi connectivity index (χ4v) is 3.94. The van der Waals surface area contributed by atoms with Gasteiger partial charge in [0.1, 0.15) is 5.69 Å². The lowest BCUT2D eigenvalue weighted by molar-refractivity contribution is 0.111. The molecule has 4 nitrogen and oxygen atoms in total. The fraction of sp³-hybridized carbons (Fsp3) is 0.571. The fourth-order valence-electron chi connectivity index (χ4n) is 2.69. The van der Waals surface area contributed by atoms with Gasteiger partial charge in [0.15, 0.2) is 11.2 Å². The zero-order chi connectivity index (χ0) is 13.8. The Balaban J connectivity index is 2.26. The van der Waals surface area contributed by atoms with Crippen LogP contribution in [0.15, 0.2) is 0 Å². The van der Waals surface area contributed by atoms with E-state index in [9.17, 15) is 4.79 Å². The number of rotatable bonds is 1. The maximum absolute atomic E-state index is 11.5. The number of likely N-dealkylation sites (N-methyl/N-ethyl adjacent to an activating group) is 1. The third-order valence-electron chi connectivity index (χ3n) is 3.65. The minimum Gasteiger partial charge on any atom is -0.301 e. The first-order chi connectivity index (χ1) is 8.91. The number of carbonyl (C=O) groups is 1. The number of imidazole rings is 1. The van der Waals surface area contributed by atoms with Crippen LogP contribution < -0.4 is 0 Å². The second-order valence-electron chi connectivity index (χ2n) is 6.29. The zero-order valence-electron chi connectivity index (χ0n) is 11.9. The molecule has 0 atom stereocenters. The van der Waals surface area contributed by atoms with Gasteiger partial charge >= 0.3 is 0 Å². The first-order valence-corrected chi connectivity index (χ1v) is 7.40. The highest BCUT2D eigenvalue weighted by Gasteiger charge is 2.28. The topological polar surface area (TPSA) is 37.6 Å². The van der Waals surface area contributed by atoms with Gasteiger partial charge in [-0.2, -0.15) is 0 Å². The molecule has 0 amide bonds. The van der Waals surface area contributed by atoms with Crippen molar-refractivity contribution in [2.45, 2.75) is 39.2 Å². The summed E-state index contributed by atoms with van der Waals surface area (Å²) in [5.41, 5.74) is 2.84. The number of thiazole rings is 1. The van der Waals surface area contributed by atoms with Crippen molar-refractivity contribution in [2.24, 2.45) is 0 Å². The Morgan fingerprint density at radius 2 is 2.11 bits per heavy atom. The number of fused-ring (bicyclic) bond motifs is 3. The van der Waals surface area contributed by atoms with Crippen LogP contribution in [0.25, 0.3) is 4.96 Å². The molecule has 3 heterocycles. The van der Waals surface area contributed by atoms with Gasteiger partial charge in [-0.05, 0) is 7.05 Å². The highest BCUT2D eigenvalue weighted by Crippen LogP contribution is 2.33. The first kappa shape index (κ1) is 12.8. The third-order valence-corrected chi connectivity index (χ3v) is 4.72. The Bertz CT molecular complexity index is 648. The zero-order valence-corrected chi connectivity index (χ0v) is 12.7. The van der Waals surface area contributed by atoms with Gasteiger partial charge in [0.2, 0.25) is 0 Å². The molecular formula is C14H19N3OS. The number of nitrogens with zero attached hydrogens (tertiary/aromatic N) is 3. The molecule has 3 rings (SSSR count). The normalized spacial score (nSPS) is 16.8. The van der Waals surface area contributed by atoms with Gasteiger partial charge in [-0.25, -0.2) is 4.98 Å². The molecule has 0 fully saturated rings. The van der Waals surface area contributed by atoms with Crippen LogP contribution in [-0.2, 0) is 18.4 Å². The molecule has 0 aliphatic carbocycles. The molecule has 1 aliphatic rings. The van der Waals surface area contributed by atoms with Crippen molar-refractivity contribution in [1.82, 2.24) is 14.3 Å². The van der Waals surface area contributed by atoms with E-state index >= 15 is 0 Å². The van der Waals surface area contributed by atoms with Gasteiger partial charge in [-0.1, -0.05) is 32.1 Å². The number of aromatic nitrogens is 2. The molecular weight excluding hydrogens is 258 g/mol. The lowest BCUT2D eigenvalue weighted by Crippen LogP contribution is -2.26. The summed E-state index contributed by atoms with van der Waals surface area (Å²) < 4.78 is 2.08. The van der Waals surface area contributed by atoms with Gasteiger partial charge in [0, 0.05) is 35.5 Å². The summed E-state index contributed by atoms with van der Waals surface area (Å²) in [6.45, 7) is 8.32. The van der Waals surface area contributed by atoms with Gasteiger partial charge in [0.05, 0.1) is 5.69 Å². The van der Waals surface area contributed by atoms with Crippen molar-refractivity contribution >= 4 is 22.6 Å². The molecule has 102 valence electrons. The predicted octanol–water partition coefficient (Wildman–Crippen LogP) is 2.49. The molecule has 1 aliphatic heterocycles. The Kier molecular flexibility index (Phi) is 2.80. The maximum Gasteiger partial charge on any atom is 0.195 e. The second kappa shape index (κ2) is 4.15. The number of hydrogen-bond acceptors (Lipinski definition) is 4. The number of aldehydes is 1. The van der Waals surface area contributed by atoms with E-state index in [1.165, 1.54) is 10.6 Å². The summed E-state index contributed by atoms with van der Waals surface area (Å²) in [4.78, 5) is 20.9. The molecule has 5 heteroatoms. The smallest absolute Gasteiger partial charge is 0.195 e. The van der Waals surface area contributed by atoms with Crippen LogP contribution in [0, 0.1) is 0 Å². The summed E-state index contributed by atoms with van der Waals surface area (Å²) in [6, 6.07) is 0. The van der Waals surface area contributed by atoms with Crippen molar-refractivity contribution in [3.05, 3.63) is 22.0 Å². The van der Waals surface area contributed by atoms with E-state index in [1.807, 2.05) is 0 Å². The summed E-state index contributed by atoms with van der Waals surface area (Å²) >= 11 is 1.72.